The first-order valence-corrected chi connectivity index (χ1v) is 25.3. The highest BCUT2D eigenvalue weighted by Gasteiger charge is 2.62. The van der Waals surface area contributed by atoms with Gasteiger partial charge >= 0.3 is 0 Å². The number of hydrogen-bond acceptors (Lipinski definition) is 2. The molecule has 2 aromatic heterocycles. The van der Waals surface area contributed by atoms with Crippen molar-refractivity contribution in [2.24, 2.45) is 35.5 Å². The van der Waals surface area contributed by atoms with E-state index in [1.54, 1.807) is 93.4 Å². The molecule has 0 unspecified atom stereocenters. The molecule has 0 amide bonds. The number of benzene rings is 1. The zero-order valence-corrected chi connectivity index (χ0v) is 31.3. The van der Waals surface area contributed by atoms with Crippen LogP contribution >= 0.6 is 15.8 Å². The molecule has 8 bridgehead atoms. The lowest BCUT2D eigenvalue weighted by atomic mass is 9.55. The van der Waals surface area contributed by atoms with Crippen LogP contribution in [0.25, 0.3) is 0 Å². The average molecular weight is 665 g/mol. The normalized spacial score (nSPS) is 36.4. The smallest absolute Gasteiger partial charge is 0.0776 e. The first kappa shape index (κ1) is 30.6. The molecule has 0 radical (unpaired) electrons. The molecular weight excluding hydrogens is 610 g/mol. The Hall–Kier alpha value is -1.40. The lowest BCUT2D eigenvalue weighted by Crippen LogP contribution is -2.56. The second kappa shape index (κ2) is 11.6. The maximum Gasteiger partial charge on any atom is 0.0776 e. The lowest BCUT2D eigenvalue weighted by molar-refractivity contribution is 0.0184. The van der Waals surface area contributed by atoms with Crippen LogP contribution in [0.5, 0.6) is 0 Å². The van der Waals surface area contributed by atoms with Crippen molar-refractivity contribution < 1.29 is 0 Å². The van der Waals surface area contributed by atoms with Gasteiger partial charge in [0.2, 0.25) is 0 Å². The molecule has 8 aliphatic carbocycles. The van der Waals surface area contributed by atoms with Crippen molar-refractivity contribution in [1.29, 1.82) is 0 Å². The second-order valence-corrected chi connectivity index (χ2v) is 28.3. The summed E-state index contributed by atoms with van der Waals surface area (Å²) in [6.45, 7) is 7.59. The molecule has 8 saturated carbocycles. The van der Waals surface area contributed by atoms with Crippen molar-refractivity contribution in [2.45, 2.75) is 119 Å². The minimum atomic E-state index is -1.47. The Labute approximate surface area is 281 Å². The van der Waals surface area contributed by atoms with Crippen LogP contribution in [0.3, 0.4) is 0 Å². The molecule has 2 heterocycles. The van der Waals surface area contributed by atoms with E-state index >= 15 is 0 Å². The Kier molecular flexibility index (Phi) is 7.72. The minimum absolute atomic E-state index is 0.0853. The predicted molar refractivity (Wildman–Crippen MR) is 200 cm³/mol. The quantitative estimate of drug-likeness (QED) is 0.168. The molecule has 8 fully saturated rings. The molecule has 46 heavy (non-hydrogen) atoms. The Morgan fingerprint density at radius 2 is 1.04 bits per heavy atom. The van der Waals surface area contributed by atoms with Gasteiger partial charge < -0.3 is 0 Å². The fraction of sp³-hybridized carbons (Fsp3) is 0.610. The van der Waals surface area contributed by atoms with Crippen molar-refractivity contribution in [3.63, 3.8) is 0 Å². The van der Waals surface area contributed by atoms with E-state index in [4.69, 9.17) is 9.97 Å². The van der Waals surface area contributed by atoms with Crippen LogP contribution in [0.15, 0.2) is 67.0 Å². The topological polar surface area (TPSA) is 25.8 Å². The average Bonchev–Trinajstić information content (AvgIpc) is 3.02. The van der Waals surface area contributed by atoms with Crippen molar-refractivity contribution in [1.82, 2.24) is 9.97 Å². The lowest BCUT2D eigenvalue weighted by Gasteiger charge is -2.67. The first-order valence-electron chi connectivity index (χ1n) is 18.7. The van der Waals surface area contributed by atoms with E-state index in [9.17, 15) is 0 Å². The van der Waals surface area contributed by atoms with Gasteiger partial charge in [-0.15, -0.1) is 0 Å². The van der Waals surface area contributed by atoms with Crippen molar-refractivity contribution >= 4 is 40.0 Å². The van der Waals surface area contributed by atoms with Crippen LogP contribution in [0, 0.1) is 35.5 Å². The van der Waals surface area contributed by atoms with Crippen molar-refractivity contribution in [3.05, 3.63) is 78.1 Å². The molecule has 5 heteroatoms. The summed E-state index contributed by atoms with van der Waals surface area (Å²) in [5.41, 5.74) is 5.82. The fourth-order valence-corrected chi connectivity index (χ4v) is 21.2. The molecule has 1 aromatic carbocycles. The van der Waals surface area contributed by atoms with Crippen LogP contribution in [0.2, 0.25) is 19.6 Å². The maximum absolute atomic E-state index is 4.97. The number of hydrogen-bond donors (Lipinski definition) is 0. The highest BCUT2D eigenvalue weighted by atomic mass is 31.1. The van der Waals surface area contributed by atoms with Crippen LogP contribution in [-0.2, 0) is 12.3 Å². The third-order valence-corrected chi connectivity index (χ3v) is 22.1. The van der Waals surface area contributed by atoms with Gasteiger partial charge in [0.1, 0.15) is 0 Å². The van der Waals surface area contributed by atoms with Crippen LogP contribution in [-0.4, -0.2) is 28.4 Å². The number of pyridine rings is 2. The summed E-state index contributed by atoms with van der Waals surface area (Å²) >= 11 is 0. The van der Waals surface area contributed by atoms with Crippen LogP contribution < -0.4 is 16.1 Å². The molecule has 242 valence electrons. The van der Waals surface area contributed by atoms with E-state index in [1.807, 2.05) is 12.4 Å². The summed E-state index contributed by atoms with van der Waals surface area (Å²) in [6, 6.07) is 21.0. The molecule has 8 aliphatic rings. The standard InChI is InChI=1S/C41H54N2P2Si/c1-46(2,3)37-11-10-35(36(20-37)27-44(38-8-4-6-12-42-38)39-9-5-7-13-43-39)28-45(40-21-29-14-30(22-40)16-31(15-29)23-40)41-24-32-17-33(25-41)19-34(18-32)26-41/h4-13,20,29-34H,14-19,21-28H2,1-3H3. The van der Waals surface area contributed by atoms with Gasteiger partial charge in [-0.2, -0.15) is 0 Å². The highest BCUT2D eigenvalue weighted by molar-refractivity contribution is 7.71. The number of nitrogens with zero attached hydrogens (tertiary/aromatic N) is 2. The molecule has 0 aliphatic heterocycles. The van der Waals surface area contributed by atoms with Crippen LogP contribution in [0.4, 0.5) is 0 Å². The van der Waals surface area contributed by atoms with Crippen LogP contribution in [0.1, 0.15) is 88.2 Å². The molecule has 11 rings (SSSR count). The summed E-state index contributed by atoms with van der Waals surface area (Å²) < 4.78 is 0. The minimum Gasteiger partial charge on any atom is -0.256 e. The Morgan fingerprint density at radius 3 is 1.43 bits per heavy atom. The zero-order chi connectivity index (χ0) is 31.1. The van der Waals surface area contributed by atoms with E-state index in [0.29, 0.717) is 10.3 Å². The summed E-state index contributed by atoms with van der Waals surface area (Å²) in [5, 5.41) is 2.95. The zero-order valence-electron chi connectivity index (χ0n) is 28.5. The summed E-state index contributed by atoms with van der Waals surface area (Å²) in [6.07, 6.45) is 25.4. The molecule has 0 atom stereocenters. The van der Waals surface area contributed by atoms with E-state index in [1.165, 1.54) is 17.0 Å². The predicted octanol–water partition coefficient (Wildman–Crippen LogP) is 9.57. The van der Waals surface area contributed by atoms with E-state index < -0.39 is 16.0 Å². The summed E-state index contributed by atoms with van der Waals surface area (Å²) in [5.74, 6) is 6.25. The third-order valence-electron chi connectivity index (χ3n) is 13.7. The first-order chi connectivity index (χ1) is 22.2. The molecular formula is C41H54N2P2Si. The monoisotopic (exact) mass is 664 g/mol. The molecule has 2 nitrogen and oxygen atoms in total. The van der Waals surface area contributed by atoms with Gasteiger partial charge in [-0.3, -0.25) is 9.97 Å². The van der Waals surface area contributed by atoms with E-state index in [0.717, 1.165) is 41.7 Å². The van der Waals surface area contributed by atoms with Gasteiger partial charge in [-0.25, -0.2) is 0 Å². The molecule has 3 aromatic rings. The maximum atomic E-state index is 4.97. The fourth-order valence-electron chi connectivity index (χ4n) is 12.7. The van der Waals surface area contributed by atoms with Crippen molar-refractivity contribution in [2.75, 3.05) is 0 Å². The number of aromatic nitrogens is 2. The molecule has 0 spiro atoms. The second-order valence-electron chi connectivity index (χ2n) is 18.1. The third kappa shape index (κ3) is 5.52. The van der Waals surface area contributed by atoms with Gasteiger partial charge in [-0.05, 0) is 164 Å². The summed E-state index contributed by atoms with van der Waals surface area (Å²) in [4.78, 5) is 9.94. The van der Waals surface area contributed by atoms with E-state index in [2.05, 4.69) is 74.2 Å². The molecule has 0 N–H and O–H groups in total. The largest absolute Gasteiger partial charge is 0.256 e. The van der Waals surface area contributed by atoms with Gasteiger partial charge in [0.25, 0.3) is 0 Å². The summed E-state index contributed by atoms with van der Waals surface area (Å²) in [7, 11) is -2.23. The van der Waals surface area contributed by atoms with Gasteiger partial charge in [-0.1, -0.05) is 63.1 Å². The Morgan fingerprint density at radius 1 is 0.587 bits per heavy atom. The van der Waals surface area contributed by atoms with Crippen molar-refractivity contribution in [3.8, 4) is 0 Å². The SMILES string of the molecule is C[Si](C)(C)c1ccc(CP(C23CC4CC(CC(C4)C2)C3)C23CC4CC(CC(C4)C2)C3)c(CP(c2ccccn2)c2ccccn2)c1. The van der Waals surface area contributed by atoms with Gasteiger partial charge in [0.05, 0.1) is 18.9 Å². The van der Waals surface area contributed by atoms with Gasteiger partial charge in [0.15, 0.2) is 0 Å². The molecule has 0 saturated heterocycles. The number of rotatable bonds is 9. The van der Waals surface area contributed by atoms with E-state index in [-0.39, 0.29) is 7.92 Å². The Bertz CT molecular complexity index is 1410. The van der Waals surface area contributed by atoms with Gasteiger partial charge in [0, 0.05) is 26.5 Å². The highest BCUT2D eigenvalue weighted by Crippen LogP contribution is 2.79. The Balaban J connectivity index is 1.15.